The van der Waals surface area contributed by atoms with Crippen molar-refractivity contribution < 1.29 is 4.42 Å². The first-order valence-electron chi connectivity index (χ1n) is 5.34. The summed E-state index contributed by atoms with van der Waals surface area (Å²) in [6, 6.07) is 10.4. The van der Waals surface area contributed by atoms with E-state index in [1.165, 1.54) is 3.57 Å². The van der Waals surface area contributed by atoms with Crippen LogP contribution in [-0.4, -0.2) is 0 Å². The van der Waals surface area contributed by atoms with E-state index in [9.17, 15) is 0 Å². The first kappa shape index (κ1) is 13.0. The molecule has 0 fully saturated rings. The van der Waals surface area contributed by atoms with Crippen LogP contribution < -0.4 is 5.32 Å². The number of nitrogens with one attached hydrogen (secondary N) is 1. The van der Waals surface area contributed by atoms with E-state index in [2.05, 4.69) is 69.0 Å². The van der Waals surface area contributed by atoms with Gasteiger partial charge in [-0.2, -0.15) is 0 Å². The maximum atomic E-state index is 5.60. The van der Waals surface area contributed by atoms with Gasteiger partial charge < -0.3 is 9.73 Å². The number of hydrogen-bond donors (Lipinski definition) is 1. The number of aryl methyl sites for hydroxylation is 1. The van der Waals surface area contributed by atoms with E-state index >= 15 is 0 Å². The molecule has 2 nitrogen and oxygen atoms in total. The number of furan rings is 1. The Morgan fingerprint density at radius 2 is 2.06 bits per heavy atom. The topological polar surface area (TPSA) is 25.2 Å². The highest BCUT2D eigenvalue weighted by molar-refractivity contribution is 14.1. The van der Waals surface area contributed by atoms with Gasteiger partial charge in [0.1, 0.15) is 11.5 Å². The van der Waals surface area contributed by atoms with Gasteiger partial charge in [0.05, 0.1) is 6.04 Å². The molecular weight excluding hydrogens is 393 g/mol. The summed E-state index contributed by atoms with van der Waals surface area (Å²) >= 11 is 5.85. The summed E-state index contributed by atoms with van der Waals surface area (Å²) in [7, 11) is 0. The third kappa shape index (κ3) is 3.25. The predicted molar refractivity (Wildman–Crippen MR) is 82.3 cm³/mol. The summed E-state index contributed by atoms with van der Waals surface area (Å²) in [6.45, 7) is 4.04. The fourth-order valence-electron chi connectivity index (χ4n) is 1.60. The zero-order chi connectivity index (χ0) is 12.4. The maximum absolute atomic E-state index is 5.60. The molecule has 0 aliphatic carbocycles. The van der Waals surface area contributed by atoms with Crippen molar-refractivity contribution in [2.75, 3.05) is 5.32 Å². The molecule has 1 atom stereocenters. The first-order chi connectivity index (χ1) is 8.06. The molecule has 0 saturated carbocycles. The van der Waals surface area contributed by atoms with Crippen molar-refractivity contribution in [3.63, 3.8) is 0 Å². The largest absolute Gasteiger partial charge is 0.464 e. The minimum absolute atomic E-state index is 0.153. The van der Waals surface area contributed by atoms with Gasteiger partial charge >= 0.3 is 0 Å². The van der Waals surface area contributed by atoms with Gasteiger partial charge in [-0.15, -0.1) is 0 Å². The Morgan fingerprint density at radius 3 is 2.65 bits per heavy atom. The lowest BCUT2D eigenvalue weighted by atomic mass is 10.2. The fraction of sp³-hybridized carbons (Fsp3) is 0.231. The van der Waals surface area contributed by atoms with E-state index in [1.807, 2.05) is 19.1 Å². The lowest BCUT2D eigenvalue weighted by molar-refractivity contribution is 0.467. The van der Waals surface area contributed by atoms with Crippen LogP contribution in [0.4, 0.5) is 5.69 Å². The molecule has 1 heterocycles. The summed E-state index contributed by atoms with van der Waals surface area (Å²) in [6.07, 6.45) is 0. The lowest BCUT2D eigenvalue weighted by Crippen LogP contribution is -2.06. The van der Waals surface area contributed by atoms with Gasteiger partial charge in [0.2, 0.25) is 0 Å². The second-order valence-corrected chi connectivity index (χ2v) is 6.04. The van der Waals surface area contributed by atoms with E-state index in [0.29, 0.717) is 0 Å². The molecule has 2 rings (SSSR count). The van der Waals surface area contributed by atoms with E-state index in [0.717, 1.165) is 21.7 Å². The second kappa shape index (κ2) is 5.44. The van der Waals surface area contributed by atoms with Crippen molar-refractivity contribution in [3.8, 4) is 0 Å². The zero-order valence-electron chi connectivity index (χ0n) is 9.63. The third-order valence-corrected chi connectivity index (χ3v) is 3.82. The molecule has 4 heteroatoms. The average molecular weight is 406 g/mol. The number of rotatable bonds is 3. The number of benzene rings is 1. The molecule has 0 bridgehead atoms. The molecule has 0 spiro atoms. The van der Waals surface area contributed by atoms with Crippen LogP contribution in [0.1, 0.15) is 24.5 Å². The van der Waals surface area contributed by atoms with Crippen LogP contribution in [0.5, 0.6) is 0 Å². The fourth-order valence-corrected chi connectivity index (χ4v) is 3.01. The number of hydrogen-bond acceptors (Lipinski definition) is 2. The SMILES string of the molecule is Cc1ccc(C(C)Nc2ccc(I)cc2Br)o1. The monoisotopic (exact) mass is 405 g/mol. The normalized spacial score (nSPS) is 12.5. The smallest absolute Gasteiger partial charge is 0.126 e. The molecular formula is C13H13BrINO. The molecule has 0 amide bonds. The summed E-state index contributed by atoms with van der Waals surface area (Å²) in [5.74, 6) is 1.89. The first-order valence-corrected chi connectivity index (χ1v) is 7.21. The van der Waals surface area contributed by atoms with Gasteiger partial charge in [-0.1, -0.05) is 0 Å². The number of halogens is 2. The lowest BCUT2D eigenvalue weighted by Gasteiger charge is -2.14. The Labute approximate surface area is 123 Å². The third-order valence-electron chi connectivity index (χ3n) is 2.49. The Balaban J connectivity index is 2.15. The molecule has 0 aliphatic heterocycles. The Morgan fingerprint density at radius 1 is 1.29 bits per heavy atom. The van der Waals surface area contributed by atoms with Crippen LogP contribution in [0.3, 0.4) is 0 Å². The molecule has 0 aliphatic rings. The van der Waals surface area contributed by atoms with Crippen molar-refractivity contribution >= 4 is 44.2 Å². The van der Waals surface area contributed by atoms with Gasteiger partial charge in [-0.3, -0.25) is 0 Å². The van der Waals surface area contributed by atoms with E-state index in [4.69, 9.17) is 4.42 Å². The Bertz CT molecular complexity index is 524. The van der Waals surface area contributed by atoms with Crippen molar-refractivity contribution in [3.05, 3.63) is 49.9 Å². The number of anilines is 1. The summed E-state index contributed by atoms with van der Waals surface area (Å²) in [5.41, 5.74) is 1.08. The molecule has 17 heavy (non-hydrogen) atoms. The van der Waals surface area contributed by atoms with Crippen molar-refractivity contribution in [1.29, 1.82) is 0 Å². The molecule has 0 radical (unpaired) electrons. The average Bonchev–Trinajstić information content (AvgIpc) is 2.69. The van der Waals surface area contributed by atoms with Crippen molar-refractivity contribution in [1.82, 2.24) is 0 Å². The van der Waals surface area contributed by atoms with Gasteiger partial charge in [-0.05, 0) is 82.7 Å². The summed E-state index contributed by atoms with van der Waals surface area (Å²) < 4.78 is 7.88. The van der Waals surface area contributed by atoms with E-state index in [1.54, 1.807) is 0 Å². The van der Waals surface area contributed by atoms with E-state index in [-0.39, 0.29) is 6.04 Å². The van der Waals surface area contributed by atoms with Gasteiger partial charge in [0, 0.05) is 13.7 Å². The highest BCUT2D eigenvalue weighted by Crippen LogP contribution is 2.28. The van der Waals surface area contributed by atoms with Crippen molar-refractivity contribution in [2.24, 2.45) is 0 Å². The van der Waals surface area contributed by atoms with Gasteiger partial charge in [0.25, 0.3) is 0 Å². The van der Waals surface area contributed by atoms with Crippen LogP contribution in [0.15, 0.2) is 39.2 Å². The predicted octanol–water partition coefficient (Wildman–Crippen LogP) is 5.13. The van der Waals surface area contributed by atoms with Crippen molar-refractivity contribution in [2.45, 2.75) is 19.9 Å². The van der Waals surface area contributed by atoms with Crippen LogP contribution in [0, 0.1) is 10.5 Å². The van der Waals surface area contributed by atoms with Crippen LogP contribution in [0.25, 0.3) is 0 Å². The Hall–Kier alpha value is -0.490. The quantitative estimate of drug-likeness (QED) is 0.716. The maximum Gasteiger partial charge on any atom is 0.126 e. The second-order valence-electron chi connectivity index (χ2n) is 3.94. The molecule has 1 aromatic heterocycles. The van der Waals surface area contributed by atoms with Crippen LogP contribution >= 0.6 is 38.5 Å². The van der Waals surface area contributed by atoms with E-state index < -0.39 is 0 Å². The summed E-state index contributed by atoms with van der Waals surface area (Å²) in [4.78, 5) is 0. The molecule has 0 saturated heterocycles. The molecule has 1 N–H and O–H groups in total. The molecule has 1 aromatic carbocycles. The summed E-state index contributed by atoms with van der Waals surface area (Å²) in [5, 5.41) is 3.42. The van der Waals surface area contributed by atoms with Crippen LogP contribution in [-0.2, 0) is 0 Å². The highest BCUT2D eigenvalue weighted by atomic mass is 127. The zero-order valence-corrected chi connectivity index (χ0v) is 13.4. The molecule has 1 unspecified atom stereocenters. The minimum atomic E-state index is 0.153. The van der Waals surface area contributed by atoms with Gasteiger partial charge in [-0.25, -0.2) is 0 Å². The molecule has 90 valence electrons. The molecule has 2 aromatic rings. The highest BCUT2D eigenvalue weighted by Gasteiger charge is 2.10. The van der Waals surface area contributed by atoms with Gasteiger partial charge in [0.15, 0.2) is 0 Å². The standard InChI is InChI=1S/C13H13BrINO/c1-8-3-6-13(17-8)9(2)16-12-5-4-10(15)7-11(12)14/h3-7,9,16H,1-2H3. The van der Waals surface area contributed by atoms with Crippen LogP contribution in [0.2, 0.25) is 0 Å². The minimum Gasteiger partial charge on any atom is -0.464 e. The Kier molecular flexibility index (Phi) is 4.14.